The molecule has 19 heavy (non-hydrogen) atoms. The molecule has 0 radical (unpaired) electrons. The van der Waals surface area contributed by atoms with Crippen molar-refractivity contribution in [1.82, 2.24) is 0 Å². The Morgan fingerprint density at radius 2 is 1.63 bits per heavy atom. The molecule has 0 amide bonds. The van der Waals surface area contributed by atoms with Crippen LogP contribution >= 0.6 is 0 Å². The summed E-state index contributed by atoms with van der Waals surface area (Å²) in [4.78, 5) is 12.1. The van der Waals surface area contributed by atoms with Gasteiger partial charge in [-0.2, -0.15) is 0 Å². The number of Topliss-reactive ketones (excluding diaryl/α,β-unsaturated/α-hetero) is 1. The van der Waals surface area contributed by atoms with Crippen LogP contribution in [0.3, 0.4) is 0 Å². The van der Waals surface area contributed by atoms with E-state index in [1.807, 2.05) is 32.0 Å². The lowest BCUT2D eigenvalue weighted by molar-refractivity contribution is 0.0992. The van der Waals surface area contributed by atoms with Crippen LogP contribution in [0.5, 0.6) is 0 Å². The Labute approximate surface area is 113 Å². The van der Waals surface area contributed by atoms with E-state index < -0.39 is 0 Å². The van der Waals surface area contributed by atoms with E-state index in [4.69, 9.17) is 0 Å². The monoisotopic (exact) mass is 256 g/mol. The summed E-state index contributed by atoms with van der Waals surface area (Å²) < 4.78 is 13.4. The van der Waals surface area contributed by atoms with Gasteiger partial charge in [0.2, 0.25) is 0 Å². The van der Waals surface area contributed by atoms with Gasteiger partial charge in [-0.25, -0.2) is 4.39 Å². The van der Waals surface area contributed by atoms with Crippen molar-refractivity contribution in [2.75, 3.05) is 0 Å². The van der Waals surface area contributed by atoms with E-state index in [0.29, 0.717) is 17.5 Å². The van der Waals surface area contributed by atoms with E-state index >= 15 is 0 Å². The standard InChI is InChI=1S/C17H17FO/c1-11-4-6-14(8-13(11)3)9-17(19)15-7-5-12(2)16(18)10-15/h4-8,10H,9H2,1-3H3. The Kier molecular flexibility index (Phi) is 3.79. The van der Waals surface area contributed by atoms with Gasteiger partial charge in [-0.05, 0) is 49.1 Å². The van der Waals surface area contributed by atoms with Gasteiger partial charge in [-0.1, -0.05) is 30.3 Å². The molecular formula is C17H17FO. The second-order valence-corrected chi connectivity index (χ2v) is 4.98. The molecule has 0 saturated carbocycles. The third-order valence-corrected chi connectivity index (χ3v) is 3.43. The van der Waals surface area contributed by atoms with Crippen molar-refractivity contribution in [2.24, 2.45) is 0 Å². The number of ketones is 1. The molecule has 2 rings (SSSR count). The second kappa shape index (κ2) is 5.35. The number of aryl methyl sites for hydroxylation is 3. The number of hydrogen-bond donors (Lipinski definition) is 0. The number of carbonyl (C=O) groups is 1. The van der Waals surface area contributed by atoms with Crippen molar-refractivity contribution < 1.29 is 9.18 Å². The maximum Gasteiger partial charge on any atom is 0.167 e. The number of carbonyl (C=O) groups excluding carboxylic acids is 1. The molecule has 2 aromatic carbocycles. The largest absolute Gasteiger partial charge is 0.294 e. The molecule has 0 aliphatic rings. The van der Waals surface area contributed by atoms with Crippen molar-refractivity contribution in [3.8, 4) is 0 Å². The van der Waals surface area contributed by atoms with Gasteiger partial charge in [0.1, 0.15) is 5.82 Å². The molecule has 0 saturated heterocycles. The fourth-order valence-corrected chi connectivity index (χ4v) is 1.97. The summed E-state index contributed by atoms with van der Waals surface area (Å²) in [5, 5.41) is 0. The number of benzene rings is 2. The highest BCUT2D eigenvalue weighted by Crippen LogP contribution is 2.14. The topological polar surface area (TPSA) is 17.1 Å². The minimum Gasteiger partial charge on any atom is -0.294 e. The van der Waals surface area contributed by atoms with Crippen LogP contribution in [-0.4, -0.2) is 5.78 Å². The third kappa shape index (κ3) is 3.08. The summed E-state index contributed by atoms with van der Waals surface area (Å²) in [5.74, 6) is -0.381. The second-order valence-electron chi connectivity index (χ2n) is 4.98. The molecule has 2 heteroatoms. The summed E-state index contributed by atoms with van der Waals surface area (Å²) >= 11 is 0. The van der Waals surface area contributed by atoms with Crippen LogP contribution in [0, 0.1) is 26.6 Å². The van der Waals surface area contributed by atoms with Gasteiger partial charge in [-0.3, -0.25) is 4.79 Å². The van der Waals surface area contributed by atoms with Gasteiger partial charge in [0.15, 0.2) is 5.78 Å². The number of halogens is 1. The van der Waals surface area contributed by atoms with Gasteiger partial charge in [0.05, 0.1) is 0 Å². The zero-order chi connectivity index (χ0) is 14.0. The molecule has 98 valence electrons. The fraction of sp³-hybridized carbons (Fsp3) is 0.235. The van der Waals surface area contributed by atoms with Crippen molar-refractivity contribution in [1.29, 1.82) is 0 Å². The molecule has 2 aromatic rings. The lowest BCUT2D eigenvalue weighted by Gasteiger charge is -2.06. The molecule has 0 unspecified atom stereocenters. The van der Waals surface area contributed by atoms with E-state index in [9.17, 15) is 9.18 Å². The van der Waals surface area contributed by atoms with Crippen molar-refractivity contribution in [3.63, 3.8) is 0 Å². The first-order valence-electron chi connectivity index (χ1n) is 6.33. The Morgan fingerprint density at radius 1 is 0.947 bits per heavy atom. The Hall–Kier alpha value is -1.96. The van der Waals surface area contributed by atoms with Gasteiger partial charge in [0, 0.05) is 12.0 Å². The number of rotatable bonds is 3. The highest BCUT2D eigenvalue weighted by atomic mass is 19.1. The Balaban J connectivity index is 2.20. The van der Waals surface area contributed by atoms with E-state index in [2.05, 4.69) is 0 Å². The average molecular weight is 256 g/mol. The fourth-order valence-electron chi connectivity index (χ4n) is 1.97. The molecule has 0 aliphatic heterocycles. The van der Waals surface area contributed by atoms with Crippen LogP contribution in [0.1, 0.15) is 32.6 Å². The zero-order valence-corrected chi connectivity index (χ0v) is 11.5. The van der Waals surface area contributed by atoms with E-state index in [1.165, 1.54) is 17.2 Å². The van der Waals surface area contributed by atoms with Gasteiger partial charge in [-0.15, -0.1) is 0 Å². The van der Waals surface area contributed by atoms with Crippen LogP contribution in [0.4, 0.5) is 4.39 Å². The molecule has 0 atom stereocenters. The normalized spacial score (nSPS) is 10.5. The van der Waals surface area contributed by atoms with Crippen molar-refractivity contribution in [2.45, 2.75) is 27.2 Å². The van der Waals surface area contributed by atoms with Crippen LogP contribution in [0.2, 0.25) is 0 Å². The first-order valence-corrected chi connectivity index (χ1v) is 6.33. The SMILES string of the molecule is Cc1ccc(CC(=O)c2ccc(C)c(F)c2)cc1C. The smallest absolute Gasteiger partial charge is 0.167 e. The Morgan fingerprint density at radius 3 is 2.26 bits per heavy atom. The molecule has 0 heterocycles. The molecular weight excluding hydrogens is 239 g/mol. The molecule has 0 fully saturated rings. The highest BCUT2D eigenvalue weighted by molar-refractivity contribution is 5.97. The summed E-state index contributed by atoms with van der Waals surface area (Å²) in [7, 11) is 0. The van der Waals surface area contributed by atoms with E-state index in [0.717, 1.165) is 5.56 Å². The maximum absolute atomic E-state index is 13.4. The molecule has 0 bridgehead atoms. The van der Waals surface area contributed by atoms with Crippen LogP contribution in [0.15, 0.2) is 36.4 Å². The number of hydrogen-bond acceptors (Lipinski definition) is 1. The molecule has 1 nitrogen and oxygen atoms in total. The molecule has 0 aromatic heterocycles. The highest BCUT2D eigenvalue weighted by Gasteiger charge is 2.09. The van der Waals surface area contributed by atoms with Crippen LogP contribution < -0.4 is 0 Å². The predicted molar refractivity (Wildman–Crippen MR) is 75.1 cm³/mol. The predicted octanol–water partition coefficient (Wildman–Crippen LogP) is 4.18. The minimum absolute atomic E-state index is 0.0536. The first-order chi connectivity index (χ1) is 8.97. The van der Waals surface area contributed by atoms with Gasteiger partial charge >= 0.3 is 0 Å². The van der Waals surface area contributed by atoms with E-state index in [-0.39, 0.29) is 11.6 Å². The van der Waals surface area contributed by atoms with Gasteiger partial charge in [0.25, 0.3) is 0 Å². The minimum atomic E-state index is -0.328. The summed E-state index contributed by atoms with van der Waals surface area (Å²) in [6.45, 7) is 5.75. The molecule has 0 N–H and O–H groups in total. The Bertz CT molecular complexity index is 629. The lowest BCUT2D eigenvalue weighted by atomic mass is 9.99. The van der Waals surface area contributed by atoms with E-state index in [1.54, 1.807) is 19.1 Å². The summed E-state index contributed by atoms with van der Waals surface area (Å²) in [6.07, 6.45) is 0.309. The maximum atomic E-state index is 13.4. The first kappa shape index (κ1) is 13.5. The molecule has 0 aliphatic carbocycles. The van der Waals surface area contributed by atoms with Crippen LogP contribution in [-0.2, 0) is 6.42 Å². The average Bonchev–Trinajstić information content (AvgIpc) is 2.37. The van der Waals surface area contributed by atoms with Crippen molar-refractivity contribution >= 4 is 5.78 Å². The quantitative estimate of drug-likeness (QED) is 0.753. The van der Waals surface area contributed by atoms with Crippen LogP contribution in [0.25, 0.3) is 0 Å². The zero-order valence-electron chi connectivity index (χ0n) is 11.5. The molecule has 0 spiro atoms. The third-order valence-electron chi connectivity index (χ3n) is 3.43. The van der Waals surface area contributed by atoms with Crippen molar-refractivity contribution in [3.05, 3.63) is 70.0 Å². The summed E-state index contributed by atoms with van der Waals surface area (Å²) in [5.41, 5.74) is 4.33. The lowest BCUT2D eigenvalue weighted by Crippen LogP contribution is -2.05. The summed E-state index contributed by atoms with van der Waals surface area (Å²) in [6, 6.07) is 10.6. The van der Waals surface area contributed by atoms with Gasteiger partial charge < -0.3 is 0 Å².